The van der Waals surface area contributed by atoms with Gasteiger partial charge in [0.25, 0.3) is 0 Å². The third-order valence-corrected chi connectivity index (χ3v) is 5.87. The number of ether oxygens (including phenoxy) is 1. The van der Waals surface area contributed by atoms with Crippen molar-refractivity contribution in [2.75, 3.05) is 43.5 Å². The molecule has 1 fully saturated rings. The first-order valence-corrected chi connectivity index (χ1v) is 10.4. The Labute approximate surface area is 173 Å². The summed E-state index contributed by atoms with van der Waals surface area (Å²) in [6, 6.07) is 9.23. The fourth-order valence-electron chi connectivity index (χ4n) is 2.95. The van der Waals surface area contributed by atoms with Crippen LogP contribution >= 0.6 is 0 Å². The van der Waals surface area contributed by atoms with Gasteiger partial charge >= 0.3 is 16.6 Å². The maximum Gasteiger partial charge on any atom is 0.573 e. The molecule has 3 rings (SSSR count). The van der Waals surface area contributed by atoms with Crippen LogP contribution in [0, 0.1) is 0 Å². The van der Waals surface area contributed by atoms with E-state index in [-0.39, 0.29) is 11.6 Å². The summed E-state index contributed by atoms with van der Waals surface area (Å²) >= 11 is 0. The number of pyridine rings is 1. The average Bonchev–Trinajstić information content (AvgIpc) is 3.09. The second-order valence-corrected chi connectivity index (χ2v) is 8.82. The predicted molar refractivity (Wildman–Crippen MR) is 106 cm³/mol. The first kappa shape index (κ1) is 22.1. The van der Waals surface area contributed by atoms with Gasteiger partial charge in [-0.05, 0) is 42.0 Å². The van der Waals surface area contributed by atoms with Crippen LogP contribution in [0.4, 0.5) is 24.7 Å². The van der Waals surface area contributed by atoms with Gasteiger partial charge in [-0.25, -0.2) is 4.98 Å². The molecule has 0 aliphatic carbocycles. The smallest absolute Gasteiger partial charge is 0.406 e. The van der Waals surface area contributed by atoms with Gasteiger partial charge in [0.2, 0.25) is 0 Å². The molecule has 1 saturated heterocycles. The summed E-state index contributed by atoms with van der Waals surface area (Å²) in [5, 5.41) is 0. The van der Waals surface area contributed by atoms with E-state index in [1.54, 1.807) is 24.3 Å². The summed E-state index contributed by atoms with van der Waals surface area (Å²) in [7, 11) is -0.790. The monoisotopic (exact) mass is 445 g/mol. The van der Waals surface area contributed by atoms with Gasteiger partial charge in [0.1, 0.15) is 11.6 Å². The molecule has 0 atom stereocenters. The predicted octanol–water partition coefficient (Wildman–Crippen LogP) is 2.48. The van der Waals surface area contributed by atoms with E-state index in [9.17, 15) is 21.6 Å². The van der Waals surface area contributed by atoms with Crippen LogP contribution < -0.4 is 14.4 Å². The minimum Gasteiger partial charge on any atom is -0.406 e. The van der Waals surface area contributed by atoms with Crippen LogP contribution in [-0.4, -0.2) is 62.8 Å². The molecular formula is C18H22F3N5O3S. The molecule has 1 aliphatic heterocycles. The quantitative estimate of drug-likeness (QED) is 0.706. The number of alkyl halides is 3. The van der Waals surface area contributed by atoms with Crippen molar-refractivity contribution in [1.29, 1.82) is 0 Å². The summed E-state index contributed by atoms with van der Waals surface area (Å²) in [5.41, 5.74) is 1.68. The van der Waals surface area contributed by atoms with Crippen molar-refractivity contribution in [2.24, 2.45) is 0 Å². The van der Waals surface area contributed by atoms with E-state index in [1.807, 2.05) is 4.90 Å². The van der Waals surface area contributed by atoms with Gasteiger partial charge in [0.05, 0.1) is 6.67 Å². The highest BCUT2D eigenvalue weighted by molar-refractivity contribution is 7.90. The van der Waals surface area contributed by atoms with E-state index < -0.39 is 16.6 Å². The third-order valence-electron chi connectivity index (χ3n) is 4.44. The highest BCUT2D eigenvalue weighted by atomic mass is 32.2. The number of benzene rings is 1. The number of rotatable bonds is 7. The number of hydrogen-bond donors (Lipinski definition) is 1. The van der Waals surface area contributed by atoms with Gasteiger partial charge in [-0.1, -0.05) is 0 Å². The van der Waals surface area contributed by atoms with Gasteiger partial charge in [0, 0.05) is 45.6 Å². The molecule has 0 unspecified atom stereocenters. The van der Waals surface area contributed by atoms with E-state index in [0.29, 0.717) is 19.8 Å². The highest BCUT2D eigenvalue weighted by Gasteiger charge is 2.31. The van der Waals surface area contributed by atoms with E-state index in [1.165, 1.54) is 32.4 Å². The lowest BCUT2D eigenvalue weighted by Crippen LogP contribution is -2.29. The SMILES string of the molecule is CN(C)S(=O)(=O)Nc1cc(CN2CCN(c3ccc(OC(F)(F)F)cc3)C2)ccn1. The number of halogens is 3. The van der Waals surface area contributed by atoms with Crippen LogP contribution in [0.25, 0.3) is 0 Å². The summed E-state index contributed by atoms with van der Waals surface area (Å²) in [6.07, 6.45) is -3.17. The largest absolute Gasteiger partial charge is 0.573 e. The van der Waals surface area contributed by atoms with E-state index >= 15 is 0 Å². The zero-order valence-corrected chi connectivity index (χ0v) is 17.2. The molecule has 2 aromatic rings. The fourth-order valence-corrected chi connectivity index (χ4v) is 3.51. The van der Waals surface area contributed by atoms with Crippen molar-refractivity contribution >= 4 is 21.7 Å². The van der Waals surface area contributed by atoms with Crippen LogP contribution in [0.3, 0.4) is 0 Å². The minimum atomic E-state index is -4.71. The van der Waals surface area contributed by atoms with Gasteiger partial charge in [-0.15, -0.1) is 13.2 Å². The Morgan fingerprint density at radius 1 is 1.17 bits per heavy atom. The van der Waals surface area contributed by atoms with Crippen molar-refractivity contribution < 1.29 is 26.3 Å². The first-order chi connectivity index (χ1) is 14.0. The Kier molecular flexibility index (Phi) is 6.38. The molecule has 1 aliphatic rings. The molecule has 0 radical (unpaired) electrons. The van der Waals surface area contributed by atoms with Crippen molar-refractivity contribution in [2.45, 2.75) is 12.9 Å². The van der Waals surface area contributed by atoms with Crippen LogP contribution in [0.2, 0.25) is 0 Å². The van der Waals surface area contributed by atoms with Crippen molar-refractivity contribution in [3.8, 4) is 5.75 Å². The van der Waals surface area contributed by atoms with Gasteiger partial charge in [0.15, 0.2) is 0 Å². The molecule has 1 aromatic carbocycles. The molecule has 0 spiro atoms. The fraction of sp³-hybridized carbons (Fsp3) is 0.389. The number of nitrogens with zero attached hydrogens (tertiary/aromatic N) is 4. The maximum atomic E-state index is 12.3. The molecule has 12 heteroatoms. The Balaban J connectivity index is 1.59. The molecule has 0 amide bonds. The van der Waals surface area contributed by atoms with E-state index in [2.05, 4.69) is 19.3 Å². The van der Waals surface area contributed by atoms with Gasteiger partial charge in [-0.3, -0.25) is 9.62 Å². The molecule has 8 nitrogen and oxygen atoms in total. The summed E-state index contributed by atoms with van der Waals surface area (Å²) in [4.78, 5) is 8.21. The molecule has 1 aromatic heterocycles. The Bertz CT molecular complexity index is 968. The van der Waals surface area contributed by atoms with E-state index in [0.717, 1.165) is 22.1 Å². The highest BCUT2D eigenvalue weighted by Crippen LogP contribution is 2.26. The molecule has 30 heavy (non-hydrogen) atoms. The van der Waals surface area contributed by atoms with Gasteiger partial charge < -0.3 is 9.64 Å². The zero-order valence-electron chi connectivity index (χ0n) is 16.4. The molecular weight excluding hydrogens is 423 g/mol. The Morgan fingerprint density at radius 2 is 1.87 bits per heavy atom. The van der Waals surface area contributed by atoms with E-state index in [4.69, 9.17) is 0 Å². The Hall–Kier alpha value is -2.57. The summed E-state index contributed by atoms with van der Waals surface area (Å²) in [5.74, 6) is -0.0238. The standard InChI is InChI=1S/C18H22F3N5O3S/c1-24(2)30(27,28)23-17-11-14(7-8-22-17)12-25-9-10-26(13-25)15-3-5-16(6-4-15)29-18(19,20)21/h3-8,11H,9-10,12-13H2,1-2H3,(H,22,23). The normalized spacial score (nSPS) is 15.6. The van der Waals surface area contributed by atoms with Crippen molar-refractivity contribution in [1.82, 2.24) is 14.2 Å². The van der Waals surface area contributed by atoms with Crippen molar-refractivity contribution in [3.05, 3.63) is 48.2 Å². The minimum absolute atomic E-state index is 0.234. The van der Waals surface area contributed by atoms with Crippen LogP contribution in [-0.2, 0) is 16.8 Å². The molecule has 0 saturated carbocycles. The molecule has 1 N–H and O–H groups in total. The Morgan fingerprint density at radius 3 is 2.50 bits per heavy atom. The first-order valence-electron chi connectivity index (χ1n) is 9.00. The second kappa shape index (κ2) is 8.66. The molecule has 164 valence electrons. The molecule has 0 bridgehead atoms. The third kappa shape index (κ3) is 5.97. The topological polar surface area (TPSA) is 78.0 Å². The zero-order chi connectivity index (χ0) is 21.9. The number of hydrogen-bond acceptors (Lipinski definition) is 6. The number of anilines is 2. The lowest BCUT2D eigenvalue weighted by molar-refractivity contribution is -0.274. The van der Waals surface area contributed by atoms with Crippen LogP contribution in [0.5, 0.6) is 5.75 Å². The second-order valence-electron chi connectivity index (χ2n) is 6.94. The lowest BCUT2D eigenvalue weighted by atomic mass is 10.2. The van der Waals surface area contributed by atoms with Crippen LogP contribution in [0.1, 0.15) is 5.56 Å². The molecule has 2 heterocycles. The van der Waals surface area contributed by atoms with Crippen LogP contribution in [0.15, 0.2) is 42.6 Å². The van der Waals surface area contributed by atoms with Crippen molar-refractivity contribution in [3.63, 3.8) is 0 Å². The lowest BCUT2D eigenvalue weighted by Gasteiger charge is -2.20. The number of nitrogens with one attached hydrogen (secondary N) is 1. The average molecular weight is 445 g/mol. The summed E-state index contributed by atoms with van der Waals surface area (Å²) < 4.78 is 68.1. The maximum absolute atomic E-state index is 12.3. The number of aromatic nitrogens is 1. The van der Waals surface area contributed by atoms with Gasteiger partial charge in [-0.2, -0.15) is 12.7 Å². The summed E-state index contributed by atoms with van der Waals surface area (Å²) in [6.45, 7) is 2.62.